The molecular formula is C20H24FN5O2. The van der Waals surface area contributed by atoms with Crippen molar-refractivity contribution < 1.29 is 13.9 Å². The highest BCUT2D eigenvalue weighted by molar-refractivity contribution is 5.92. The zero-order valence-electron chi connectivity index (χ0n) is 15.6. The third-order valence-corrected chi connectivity index (χ3v) is 5.09. The number of para-hydroxylation sites is 1. The van der Waals surface area contributed by atoms with Crippen LogP contribution in [0.3, 0.4) is 0 Å². The zero-order valence-corrected chi connectivity index (χ0v) is 15.6. The summed E-state index contributed by atoms with van der Waals surface area (Å²) in [5, 5.41) is 5.84. The molecule has 2 N–H and O–H groups in total. The number of hydrogen-bond donors (Lipinski definition) is 2. The standard InChI is InChI=1S/C20H24FN5O2/c21-16-4-1-2-5-17(16)26-9-7-15(14-26)23-20(27)24-19-18(6-3-8-22-19)25-10-12-28-13-11-25/h1-6,8,15H,7,9-14H2,(H2,22,23,24,27). The number of nitrogens with zero attached hydrogens (tertiary/aromatic N) is 3. The van der Waals surface area contributed by atoms with Crippen molar-refractivity contribution in [2.24, 2.45) is 0 Å². The number of hydrogen-bond acceptors (Lipinski definition) is 5. The predicted molar refractivity (Wildman–Crippen MR) is 106 cm³/mol. The van der Waals surface area contributed by atoms with Crippen LogP contribution in [-0.2, 0) is 4.74 Å². The molecule has 7 nitrogen and oxygen atoms in total. The van der Waals surface area contributed by atoms with Gasteiger partial charge < -0.3 is 19.9 Å². The van der Waals surface area contributed by atoms with E-state index in [1.54, 1.807) is 18.3 Å². The van der Waals surface area contributed by atoms with Gasteiger partial charge >= 0.3 is 6.03 Å². The summed E-state index contributed by atoms with van der Waals surface area (Å²) in [5.74, 6) is 0.294. The first-order valence-corrected chi connectivity index (χ1v) is 9.55. The molecule has 2 fully saturated rings. The van der Waals surface area contributed by atoms with E-state index >= 15 is 0 Å². The van der Waals surface area contributed by atoms with Gasteiger partial charge in [-0.2, -0.15) is 0 Å². The summed E-state index contributed by atoms with van der Waals surface area (Å²) in [4.78, 5) is 21.0. The summed E-state index contributed by atoms with van der Waals surface area (Å²) >= 11 is 0. The first-order valence-electron chi connectivity index (χ1n) is 9.55. The van der Waals surface area contributed by atoms with E-state index in [-0.39, 0.29) is 17.9 Å². The summed E-state index contributed by atoms with van der Waals surface area (Å²) < 4.78 is 19.4. The van der Waals surface area contributed by atoms with Crippen LogP contribution in [0.2, 0.25) is 0 Å². The van der Waals surface area contributed by atoms with Gasteiger partial charge in [0.05, 0.1) is 24.6 Å². The van der Waals surface area contributed by atoms with Gasteiger partial charge in [0.2, 0.25) is 0 Å². The number of urea groups is 1. The van der Waals surface area contributed by atoms with Gasteiger partial charge in [-0.3, -0.25) is 5.32 Å². The molecule has 4 rings (SSSR count). The van der Waals surface area contributed by atoms with Crippen LogP contribution in [0.1, 0.15) is 6.42 Å². The van der Waals surface area contributed by atoms with E-state index in [4.69, 9.17) is 4.74 Å². The number of ether oxygens (including phenoxy) is 1. The third-order valence-electron chi connectivity index (χ3n) is 5.09. The topological polar surface area (TPSA) is 69.7 Å². The lowest BCUT2D eigenvalue weighted by Crippen LogP contribution is -2.41. The normalized spacial score (nSPS) is 19.5. The van der Waals surface area contributed by atoms with Gasteiger partial charge in [0.25, 0.3) is 0 Å². The predicted octanol–water partition coefficient (Wildman–Crippen LogP) is 2.46. The Bertz CT molecular complexity index is 828. The molecule has 1 aromatic carbocycles. The fourth-order valence-electron chi connectivity index (χ4n) is 3.69. The number of nitrogens with one attached hydrogen (secondary N) is 2. The Hall–Kier alpha value is -2.87. The van der Waals surface area contributed by atoms with E-state index < -0.39 is 0 Å². The molecule has 0 spiro atoms. The molecule has 2 amide bonds. The van der Waals surface area contributed by atoms with Crippen LogP contribution >= 0.6 is 0 Å². The molecule has 1 unspecified atom stereocenters. The number of pyridine rings is 1. The van der Waals surface area contributed by atoms with E-state index in [2.05, 4.69) is 20.5 Å². The minimum atomic E-state index is -0.298. The number of amides is 2. The smallest absolute Gasteiger partial charge is 0.320 e. The zero-order chi connectivity index (χ0) is 19.3. The highest BCUT2D eigenvalue weighted by Gasteiger charge is 2.26. The van der Waals surface area contributed by atoms with Gasteiger partial charge in [0.1, 0.15) is 5.82 Å². The van der Waals surface area contributed by atoms with E-state index in [0.717, 1.165) is 25.2 Å². The number of benzene rings is 1. The fraction of sp³-hybridized carbons (Fsp3) is 0.400. The summed E-state index contributed by atoms with van der Waals surface area (Å²) in [7, 11) is 0. The second-order valence-electron chi connectivity index (χ2n) is 6.95. The Morgan fingerprint density at radius 2 is 1.86 bits per heavy atom. The molecule has 3 heterocycles. The minimum absolute atomic E-state index is 0.0462. The van der Waals surface area contributed by atoms with Crippen LogP contribution in [0.5, 0.6) is 0 Å². The Kier molecular flexibility index (Phi) is 5.57. The van der Waals surface area contributed by atoms with Gasteiger partial charge in [0, 0.05) is 38.4 Å². The van der Waals surface area contributed by atoms with Gasteiger partial charge in [-0.15, -0.1) is 0 Å². The molecule has 0 saturated carbocycles. The number of anilines is 3. The average molecular weight is 385 g/mol. The molecule has 2 aliphatic heterocycles. The molecule has 2 saturated heterocycles. The molecule has 0 aliphatic carbocycles. The highest BCUT2D eigenvalue weighted by atomic mass is 19.1. The van der Waals surface area contributed by atoms with Crippen molar-refractivity contribution in [2.75, 3.05) is 54.5 Å². The first kappa shape index (κ1) is 18.5. The van der Waals surface area contributed by atoms with Crippen LogP contribution in [0, 0.1) is 5.82 Å². The van der Waals surface area contributed by atoms with E-state index in [1.807, 2.05) is 23.1 Å². The lowest BCUT2D eigenvalue weighted by molar-refractivity contribution is 0.122. The molecule has 1 atom stereocenters. The SMILES string of the molecule is O=C(Nc1ncccc1N1CCOCC1)NC1CCN(c2ccccc2F)C1. The summed E-state index contributed by atoms with van der Waals surface area (Å²) in [6, 6.07) is 10.2. The van der Waals surface area contributed by atoms with Crippen LogP contribution in [-0.4, -0.2) is 56.4 Å². The van der Waals surface area contributed by atoms with Gasteiger partial charge in [-0.1, -0.05) is 12.1 Å². The van der Waals surface area contributed by atoms with Crippen molar-refractivity contribution in [3.05, 3.63) is 48.4 Å². The molecule has 2 aliphatic rings. The monoisotopic (exact) mass is 385 g/mol. The number of morpholine rings is 1. The Morgan fingerprint density at radius 3 is 2.68 bits per heavy atom. The largest absolute Gasteiger partial charge is 0.378 e. The summed E-state index contributed by atoms with van der Waals surface area (Å²) in [6.07, 6.45) is 2.43. The quantitative estimate of drug-likeness (QED) is 0.846. The van der Waals surface area contributed by atoms with Crippen LogP contribution in [0.15, 0.2) is 42.6 Å². The van der Waals surface area contributed by atoms with Gasteiger partial charge in [-0.05, 0) is 30.7 Å². The summed E-state index contributed by atoms with van der Waals surface area (Å²) in [6.45, 7) is 4.13. The number of rotatable bonds is 4. The maximum absolute atomic E-state index is 14.0. The van der Waals surface area contributed by atoms with Crippen molar-refractivity contribution in [3.63, 3.8) is 0 Å². The number of aromatic nitrogens is 1. The van der Waals surface area contributed by atoms with E-state index in [1.165, 1.54) is 6.07 Å². The number of carbonyl (C=O) groups is 1. The molecule has 2 aromatic rings. The number of halogens is 1. The van der Waals surface area contributed by atoms with Crippen LogP contribution in [0.4, 0.5) is 26.4 Å². The maximum Gasteiger partial charge on any atom is 0.320 e. The van der Waals surface area contributed by atoms with Crippen molar-refractivity contribution >= 4 is 23.2 Å². The van der Waals surface area contributed by atoms with Crippen molar-refractivity contribution in [1.82, 2.24) is 10.3 Å². The molecular weight excluding hydrogens is 361 g/mol. The van der Waals surface area contributed by atoms with E-state index in [0.29, 0.717) is 37.8 Å². The molecule has 0 radical (unpaired) electrons. The summed E-state index contributed by atoms with van der Waals surface area (Å²) in [5.41, 5.74) is 1.46. The molecule has 1 aromatic heterocycles. The Labute approximate surface area is 163 Å². The second kappa shape index (κ2) is 8.43. The van der Waals surface area contributed by atoms with E-state index in [9.17, 15) is 9.18 Å². The fourth-order valence-corrected chi connectivity index (χ4v) is 3.69. The third kappa shape index (κ3) is 4.17. The molecule has 0 bridgehead atoms. The first-order chi connectivity index (χ1) is 13.7. The van der Waals surface area contributed by atoms with Crippen molar-refractivity contribution in [3.8, 4) is 0 Å². The Balaban J connectivity index is 1.36. The van der Waals surface area contributed by atoms with Gasteiger partial charge in [-0.25, -0.2) is 14.2 Å². The molecule has 8 heteroatoms. The maximum atomic E-state index is 14.0. The number of carbonyl (C=O) groups excluding carboxylic acids is 1. The van der Waals surface area contributed by atoms with Crippen molar-refractivity contribution in [1.29, 1.82) is 0 Å². The lowest BCUT2D eigenvalue weighted by atomic mass is 10.2. The minimum Gasteiger partial charge on any atom is -0.378 e. The molecule has 28 heavy (non-hydrogen) atoms. The Morgan fingerprint density at radius 1 is 1.07 bits per heavy atom. The molecule has 148 valence electrons. The highest BCUT2D eigenvalue weighted by Crippen LogP contribution is 2.25. The lowest BCUT2D eigenvalue weighted by Gasteiger charge is -2.30. The van der Waals surface area contributed by atoms with Gasteiger partial charge in [0.15, 0.2) is 5.82 Å². The van der Waals surface area contributed by atoms with Crippen molar-refractivity contribution in [2.45, 2.75) is 12.5 Å². The average Bonchev–Trinajstić information content (AvgIpc) is 3.17. The van der Waals surface area contributed by atoms with Crippen LogP contribution < -0.4 is 20.4 Å². The van der Waals surface area contributed by atoms with Crippen LogP contribution in [0.25, 0.3) is 0 Å². The second-order valence-corrected chi connectivity index (χ2v) is 6.95.